The summed E-state index contributed by atoms with van der Waals surface area (Å²) in [6.45, 7) is 4.69. The highest BCUT2D eigenvalue weighted by atomic mass is 14.5. The lowest BCUT2D eigenvalue weighted by atomic mass is 9.99. The first-order valence-corrected chi connectivity index (χ1v) is 3.30. The normalized spacial score (nSPS) is 13.2. The van der Waals surface area contributed by atoms with E-state index in [-0.39, 0.29) is 5.92 Å². The summed E-state index contributed by atoms with van der Waals surface area (Å²) in [6.07, 6.45) is 0.924. The Hall–Kier alpha value is -0.550. The molecule has 9 heavy (non-hydrogen) atoms. The van der Waals surface area contributed by atoms with Crippen LogP contribution in [0.3, 0.4) is 0 Å². The maximum atomic E-state index is 8.44. The fraction of sp³-hybridized carbons (Fsp3) is 0.857. The van der Waals surface area contributed by atoms with Crippen LogP contribution in [0.1, 0.15) is 20.3 Å². The molecule has 2 N–H and O–H groups in total. The van der Waals surface area contributed by atoms with Crippen LogP contribution in [0.2, 0.25) is 0 Å². The van der Waals surface area contributed by atoms with Crippen molar-refractivity contribution in [3.63, 3.8) is 0 Å². The second kappa shape index (κ2) is 4.34. The Balaban J connectivity index is 3.47. The van der Waals surface area contributed by atoms with E-state index in [1.165, 1.54) is 0 Å². The van der Waals surface area contributed by atoms with Gasteiger partial charge in [0.2, 0.25) is 0 Å². The Bertz CT molecular complexity index is 102. The van der Waals surface area contributed by atoms with Crippen LogP contribution in [0.5, 0.6) is 0 Å². The topological polar surface area (TPSA) is 49.8 Å². The third kappa shape index (κ3) is 3.99. The highest BCUT2D eigenvalue weighted by molar-refractivity contribution is 4.83. The summed E-state index contributed by atoms with van der Waals surface area (Å²) in [5.41, 5.74) is 5.31. The number of nitrogens with zero attached hydrogens (tertiary/aromatic N) is 1. The zero-order valence-electron chi connectivity index (χ0n) is 6.09. The molecular formula is C7H14N2. The molecule has 2 heteroatoms. The summed E-state index contributed by atoms with van der Waals surface area (Å²) in [6, 6.07) is 2.16. The van der Waals surface area contributed by atoms with Crippen LogP contribution >= 0.6 is 0 Å². The fourth-order valence-corrected chi connectivity index (χ4v) is 0.771. The SMILES string of the molecule is CC(C)CC(C#N)CN. The van der Waals surface area contributed by atoms with Crippen LogP contribution in [-0.2, 0) is 0 Å². The van der Waals surface area contributed by atoms with E-state index in [0.717, 1.165) is 6.42 Å². The highest BCUT2D eigenvalue weighted by Gasteiger charge is 2.05. The largest absolute Gasteiger partial charge is 0.329 e. The lowest BCUT2D eigenvalue weighted by molar-refractivity contribution is 0.489. The summed E-state index contributed by atoms with van der Waals surface area (Å²) in [7, 11) is 0. The third-order valence-electron chi connectivity index (χ3n) is 1.22. The van der Waals surface area contributed by atoms with Crippen LogP contribution in [0.15, 0.2) is 0 Å². The minimum Gasteiger partial charge on any atom is -0.329 e. The minimum atomic E-state index is 0.0602. The summed E-state index contributed by atoms with van der Waals surface area (Å²) in [5, 5.41) is 8.44. The van der Waals surface area contributed by atoms with E-state index in [4.69, 9.17) is 11.0 Å². The first kappa shape index (κ1) is 8.45. The van der Waals surface area contributed by atoms with Gasteiger partial charge in [-0.1, -0.05) is 13.8 Å². The molecule has 1 unspecified atom stereocenters. The lowest BCUT2D eigenvalue weighted by Crippen LogP contribution is -2.14. The van der Waals surface area contributed by atoms with Crippen molar-refractivity contribution in [2.75, 3.05) is 6.54 Å². The van der Waals surface area contributed by atoms with Crippen LogP contribution in [0.4, 0.5) is 0 Å². The average molecular weight is 126 g/mol. The monoisotopic (exact) mass is 126 g/mol. The van der Waals surface area contributed by atoms with Crippen molar-refractivity contribution in [2.24, 2.45) is 17.6 Å². The molecular weight excluding hydrogens is 112 g/mol. The maximum absolute atomic E-state index is 8.44. The molecule has 0 aliphatic heterocycles. The van der Waals surface area contributed by atoms with Gasteiger partial charge in [0.05, 0.1) is 12.0 Å². The third-order valence-corrected chi connectivity index (χ3v) is 1.22. The van der Waals surface area contributed by atoms with Gasteiger partial charge in [-0.3, -0.25) is 0 Å². The van der Waals surface area contributed by atoms with E-state index in [2.05, 4.69) is 19.9 Å². The zero-order chi connectivity index (χ0) is 7.28. The molecule has 0 aliphatic rings. The molecule has 0 aromatic heterocycles. The van der Waals surface area contributed by atoms with Gasteiger partial charge in [0, 0.05) is 6.54 Å². The number of hydrogen-bond donors (Lipinski definition) is 1. The van der Waals surface area contributed by atoms with Crippen LogP contribution < -0.4 is 5.73 Å². The van der Waals surface area contributed by atoms with Gasteiger partial charge < -0.3 is 5.73 Å². The van der Waals surface area contributed by atoms with Crippen LogP contribution in [0, 0.1) is 23.2 Å². The van der Waals surface area contributed by atoms with Gasteiger partial charge in [0.15, 0.2) is 0 Å². The molecule has 0 aromatic carbocycles. The second-order valence-corrected chi connectivity index (χ2v) is 2.69. The van der Waals surface area contributed by atoms with Crippen molar-refractivity contribution >= 4 is 0 Å². The second-order valence-electron chi connectivity index (χ2n) is 2.69. The highest BCUT2D eigenvalue weighted by Crippen LogP contribution is 2.08. The maximum Gasteiger partial charge on any atom is 0.0669 e. The Morgan fingerprint density at radius 2 is 2.11 bits per heavy atom. The molecule has 0 bridgehead atoms. The number of rotatable bonds is 3. The molecule has 0 rings (SSSR count). The van der Waals surface area contributed by atoms with Crippen molar-refractivity contribution in [3.05, 3.63) is 0 Å². The molecule has 52 valence electrons. The molecule has 1 atom stereocenters. The van der Waals surface area contributed by atoms with Crippen molar-refractivity contribution in [1.29, 1.82) is 5.26 Å². The van der Waals surface area contributed by atoms with Crippen LogP contribution in [0.25, 0.3) is 0 Å². The Kier molecular flexibility index (Phi) is 4.08. The number of hydrogen-bond acceptors (Lipinski definition) is 2. The van der Waals surface area contributed by atoms with E-state index >= 15 is 0 Å². The molecule has 0 aliphatic carbocycles. The smallest absolute Gasteiger partial charge is 0.0669 e. The van der Waals surface area contributed by atoms with Crippen molar-refractivity contribution < 1.29 is 0 Å². The number of nitrogens with two attached hydrogens (primary N) is 1. The molecule has 0 saturated heterocycles. The summed E-state index contributed by atoms with van der Waals surface area (Å²) in [4.78, 5) is 0. The molecule has 0 heterocycles. The van der Waals surface area contributed by atoms with Gasteiger partial charge in [0.25, 0.3) is 0 Å². The molecule has 2 nitrogen and oxygen atoms in total. The van der Waals surface area contributed by atoms with E-state index in [0.29, 0.717) is 12.5 Å². The Labute approximate surface area is 56.7 Å². The van der Waals surface area contributed by atoms with Gasteiger partial charge in [-0.2, -0.15) is 5.26 Å². The summed E-state index contributed by atoms with van der Waals surface area (Å²) >= 11 is 0. The van der Waals surface area contributed by atoms with E-state index in [1.807, 2.05) is 0 Å². The van der Waals surface area contributed by atoms with Crippen molar-refractivity contribution in [3.8, 4) is 6.07 Å². The minimum absolute atomic E-state index is 0.0602. The first-order chi connectivity index (χ1) is 4.20. The van der Waals surface area contributed by atoms with E-state index in [1.54, 1.807) is 0 Å². The lowest BCUT2D eigenvalue weighted by Gasteiger charge is -2.07. The van der Waals surface area contributed by atoms with Gasteiger partial charge >= 0.3 is 0 Å². The molecule has 0 amide bonds. The molecule has 0 radical (unpaired) electrons. The Morgan fingerprint density at radius 3 is 2.22 bits per heavy atom. The summed E-state index contributed by atoms with van der Waals surface area (Å²) < 4.78 is 0. The van der Waals surface area contributed by atoms with Gasteiger partial charge in [-0.25, -0.2) is 0 Å². The average Bonchev–Trinajstić information content (AvgIpc) is 1.82. The van der Waals surface area contributed by atoms with Crippen LogP contribution in [-0.4, -0.2) is 6.54 Å². The van der Waals surface area contributed by atoms with E-state index < -0.39 is 0 Å². The van der Waals surface area contributed by atoms with E-state index in [9.17, 15) is 0 Å². The first-order valence-electron chi connectivity index (χ1n) is 3.30. The van der Waals surface area contributed by atoms with Gasteiger partial charge in [0.1, 0.15) is 0 Å². The quantitative estimate of drug-likeness (QED) is 0.616. The predicted molar refractivity (Wildman–Crippen MR) is 37.6 cm³/mol. The number of nitriles is 1. The molecule has 0 fully saturated rings. The predicted octanol–water partition coefficient (Wildman–Crippen LogP) is 1.13. The standard InChI is InChI=1S/C7H14N2/c1-6(2)3-7(4-8)5-9/h6-7H,3-4,8H2,1-2H3. The van der Waals surface area contributed by atoms with Gasteiger partial charge in [-0.15, -0.1) is 0 Å². The van der Waals surface area contributed by atoms with Crippen molar-refractivity contribution in [2.45, 2.75) is 20.3 Å². The van der Waals surface area contributed by atoms with Gasteiger partial charge in [-0.05, 0) is 12.3 Å². The zero-order valence-corrected chi connectivity index (χ0v) is 6.09. The fourth-order valence-electron chi connectivity index (χ4n) is 0.771. The molecule has 0 saturated carbocycles. The van der Waals surface area contributed by atoms with Crippen molar-refractivity contribution in [1.82, 2.24) is 0 Å². The summed E-state index contributed by atoms with van der Waals surface area (Å²) in [5.74, 6) is 0.642. The molecule has 0 spiro atoms. The Morgan fingerprint density at radius 1 is 1.56 bits per heavy atom. The molecule has 0 aromatic rings.